The Balaban J connectivity index is 1.82. The number of rotatable bonds is 4. The third-order valence-corrected chi connectivity index (χ3v) is 6.62. The normalized spacial score (nSPS) is 18.6. The Bertz CT molecular complexity index is 1260. The van der Waals surface area contributed by atoms with Crippen molar-refractivity contribution in [1.82, 2.24) is 5.32 Å². The predicted molar refractivity (Wildman–Crippen MR) is 141 cm³/mol. The first kappa shape index (κ1) is 23.7. The van der Waals surface area contributed by atoms with E-state index in [9.17, 15) is 9.59 Å². The number of nitrogens with zero attached hydrogens (tertiary/aromatic N) is 2. The van der Waals surface area contributed by atoms with Crippen molar-refractivity contribution in [3.8, 4) is 5.75 Å². The van der Waals surface area contributed by atoms with Gasteiger partial charge in [-0.1, -0.05) is 23.8 Å². The minimum atomic E-state index is -0.526. The number of methoxy groups -OCH3 is 1. The molecule has 2 aromatic rings. The standard InChI is InChI=1S/C27H29N3O3S/c1-7-29-22-14-23(33-6)18(12-20(22)17(3)15-27(29,4)5)13-21-24(31)28-26(34)30(25(21)32)19-10-8-16(2)9-11-19/h8-15H,7H2,1-6H3,(H,28,31,34)/b21-13-. The highest BCUT2D eigenvalue weighted by atomic mass is 32.1. The van der Waals surface area contributed by atoms with E-state index >= 15 is 0 Å². The van der Waals surface area contributed by atoms with Crippen molar-refractivity contribution in [2.24, 2.45) is 0 Å². The van der Waals surface area contributed by atoms with Crippen molar-refractivity contribution in [2.45, 2.75) is 40.2 Å². The molecule has 1 fully saturated rings. The second-order valence-corrected chi connectivity index (χ2v) is 9.52. The maximum Gasteiger partial charge on any atom is 0.270 e. The van der Waals surface area contributed by atoms with E-state index in [4.69, 9.17) is 17.0 Å². The highest BCUT2D eigenvalue weighted by Crippen LogP contribution is 2.42. The van der Waals surface area contributed by atoms with Crippen molar-refractivity contribution in [1.29, 1.82) is 0 Å². The largest absolute Gasteiger partial charge is 0.496 e. The van der Waals surface area contributed by atoms with Crippen LogP contribution < -0.4 is 19.9 Å². The number of ether oxygens (including phenoxy) is 1. The molecule has 0 saturated carbocycles. The second kappa shape index (κ2) is 8.72. The van der Waals surface area contributed by atoms with Crippen molar-refractivity contribution >= 4 is 52.2 Å². The molecule has 0 atom stereocenters. The van der Waals surface area contributed by atoms with Crippen LogP contribution in [0.5, 0.6) is 5.75 Å². The van der Waals surface area contributed by atoms with Gasteiger partial charge in [0.25, 0.3) is 11.8 Å². The van der Waals surface area contributed by atoms with E-state index in [-0.39, 0.29) is 16.2 Å². The van der Waals surface area contributed by atoms with Gasteiger partial charge in [-0.15, -0.1) is 0 Å². The van der Waals surface area contributed by atoms with E-state index in [0.29, 0.717) is 17.0 Å². The first-order valence-electron chi connectivity index (χ1n) is 11.2. The molecular weight excluding hydrogens is 446 g/mol. The number of amides is 2. The molecule has 2 amide bonds. The Hall–Kier alpha value is -3.45. The van der Waals surface area contributed by atoms with Crippen molar-refractivity contribution in [3.05, 3.63) is 64.7 Å². The van der Waals surface area contributed by atoms with E-state index in [1.165, 1.54) is 4.90 Å². The zero-order valence-electron chi connectivity index (χ0n) is 20.4. The Morgan fingerprint density at radius 2 is 1.79 bits per heavy atom. The molecule has 0 radical (unpaired) electrons. The first-order chi connectivity index (χ1) is 16.1. The number of allylic oxidation sites excluding steroid dienone is 1. The van der Waals surface area contributed by atoms with Crippen LogP contribution >= 0.6 is 12.2 Å². The van der Waals surface area contributed by atoms with Crippen LogP contribution in [-0.4, -0.2) is 36.1 Å². The zero-order chi connectivity index (χ0) is 24.8. The van der Waals surface area contributed by atoms with Gasteiger partial charge in [-0.2, -0.15) is 0 Å². The summed E-state index contributed by atoms with van der Waals surface area (Å²) in [6.07, 6.45) is 3.82. The Morgan fingerprint density at radius 3 is 2.41 bits per heavy atom. The highest BCUT2D eigenvalue weighted by Gasteiger charge is 2.35. The topological polar surface area (TPSA) is 61.9 Å². The zero-order valence-corrected chi connectivity index (χ0v) is 21.2. The van der Waals surface area contributed by atoms with E-state index < -0.39 is 11.8 Å². The van der Waals surface area contributed by atoms with E-state index in [2.05, 4.69) is 44.0 Å². The molecule has 0 spiro atoms. The number of hydrogen-bond acceptors (Lipinski definition) is 5. The minimum Gasteiger partial charge on any atom is -0.496 e. The van der Waals surface area contributed by atoms with Crippen molar-refractivity contribution in [2.75, 3.05) is 23.5 Å². The van der Waals surface area contributed by atoms with Gasteiger partial charge >= 0.3 is 0 Å². The molecule has 4 rings (SSSR count). The van der Waals surface area contributed by atoms with Gasteiger partial charge in [-0.25, -0.2) is 0 Å². The Morgan fingerprint density at radius 1 is 1.12 bits per heavy atom. The molecule has 34 heavy (non-hydrogen) atoms. The fraction of sp³-hybridized carbons (Fsp3) is 0.296. The minimum absolute atomic E-state index is 0.00227. The maximum atomic E-state index is 13.4. The molecule has 1 saturated heterocycles. The Labute approximate surface area is 205 Å². The Kier molecular flexibility index (Phi) is 6.08. The smallest absolute Gasteiger partial charge is 0.270 e. The molecule has 7 heteroatoms. The third kappa shape index (κ3) is 4.01. The number of hydrogen-bond donors (Lipinski definition) is 1. The van der Waals surface area contributed by atoms with Crippen LogP contribution in [0.15, 0.2) is 48.0 Å². The summed E-state index contributed by atoms with van der Waals surface area (Å²) in [5, 5.41) is 2.71. The number of aryl methyl sites for hydroxylation is 1. The lowest BCUT2D eigenvalue weighted by molar-refractivity contribution is -0.122. The van der Waals surface area contributed by atoms with Crippen LogP contribution in [-0.2, 0) is 9.59 Å². The van der Waals surface area contributed by atoms with Gasteiger partial charge in [-0.3, -0.25) is 19.8 Å². The van der Waals surface area contributed by atoms with Gasteiger partial charge in [0.05, 0.1) is 18.3 Å². The number of benzene rings is 2. The number of anilines is 2. The van der Waals surface area contributed by atoms with Gasteiger partial charge in [0, 0.05) is 29.4 Å². The molecule has 0 aliphatic carbocycles. The highest BCUT2D eigenvalue weighted by molar-refractivity contribution is 7.80. The number of carbonyl (C=O) groups excluding carboxylic acids is 2. The number of likely N-dealkylation sites (N-methyl/N-ethyl adjacent to an activating group) is 1. The summed E-state index contributed by atoms with van der Waals surface area (Å²) in [7, 11) is 1.59. The SMILES string of the molecule is CCN1c2cc(OC)c(/C=C3/C(=O)NC(=S)N(c4ccc(C)cc4)C3=O)cc2C(C)=CC1(C)C. The summed E-state index contributed by atoms with van der Waals surface area (Å²) < 4.78 is 5.69. The van der Waals surface area contributed by atoms with E-state index in [1.54, 1.807) is 13.2 Å². The fourth-order valence-electron chi connectivity index (χ4n) is 4.73. The van der Waals surface area contributed by atoms with E-state index in [1.807, 2.05) is 43.3 Å². The lowest BCUT2D eigenvalue weighted by atomic mass is 9.87. The average molecular weight is 476 g/mol. The molecule has 2 aliphatic rings. The molecule has 2 aliphatic heterocycles. The number of nitrogens with one attached hydrogen (secondary N) is 1. The summed E-state index contributed by atoms with van der Waals surface area (Å²) in [6, 6.07) is 11.4. The molecule has 0 unspecified atom stereocenters. The molecule has 0 bridgehead atoms. The van der Waals surface area contributed by atoms with E-state index in [0.717, 1.165) is 28.9 Å². The summed E-state index contributed by atoms with van der Waals surface area (Å²) in [4.78, 5) is 29.9. The fourth-order valence-corrected chi connectivity index (χ4v) is 5.01. The van der Waals surface area contributed by atoms with Gasteiger partial charge in [-0.05, 0) is 76.7 Å². The van der Waals surface area contributed by atoms with Crippen LogP contribution in [0.2, 0.25) is 0 Å². The molecule has 0 aromatic heterocycles. The maximum absolute atomic E-state index is 13.4. The second-order valence-electron chi connectivity index (χ2n) is 9.13. The molecule has 6 nitrogen and oxygen atoms in total. The van der Waals surface area contributed by atoms with Gasteiger partial charge in [0.15, 0.2) is 5.11 Å². The monoisotopic (exact) mass is 475 g/mol. The van der Waals surface area contributed by atoms with Crippen LogP contribution in [0.3, 0.4) is 0 Å². The van der Waals surface area contributed by atoms with Gasteiger partial charge in [0.1, 0.15) is 11.3 Å². The lowest BCUT2D eigenvalue weighted by Gasteiger charge is -2.43. The molecule has 1 N–H and O–H groups in total. The average Bonchev–Trinajstić information content (AvgIpc) is 2.77. The lowest BCUT2D eigenvalue weighted by Crippen LogP contribution is -2.54. The van der Waals surface area contributed by atoms with Crippen LogP contribution in [0, 0.1) is 6.92 Å². The predicted octanol–water partition coefficient (Wildman–Crippen LogP) is 4.86. The quantitative estimate of drug-likeness (QED) is 0.389. The summed E-state index contributed by atoms with van der Waals surface area (Å²) in [6.45, 7) is 11.4. The van der Waals surface area contributed by atoms with Crippen molar-refractivity contribution in [3.63, 3.8) is 0 Å². The molecule has 2 heterocycles. The summed E-state index contributed by atoms with van der Waals surface area (Å²) >= 11 is 5.31. The number of carbonyl (C=O) groups is 2. The summed E-state index contributed by atoms with van der Waals surface area (Å²) in [5.74, 6) is -0.409. The number of thiocarbonyl (C=S) groups is 1. The van der Waals surface area contributed by atoms with Crippen LogP contribution in [0.1, 0.15) is 44.4 Å². The van der Waals surface area contributed by atoms with Gasteiger partial charge < -0.3 is 9.64 Å². The summed E-state index contributed by atoms with van der Waals surface area (Å²) in [5.41, 5.74) is 5.41. The molecular formula is C27H29N3O3S. The molecule has 176 valence electrons. The van der Waals surface area contributed by atoms with Crippen LogP contribution in [0.25, 0.3) is 11.6 Å². The first-order valence-corrected chi connectivity index (χ1v) is 11.7. The van der Waals surface area contributed by atoms with Crippen LogP contribution in [0.4, 0.5) is 11.4 Å². The third-order valence-electron chi connectivity index (χ3n) is 6.34. The van der Waals surface area contributed by atoms with Crippen molar-refractivity contribution < 1.29 is 14.3 Å². The van der Waals surface area contributed by atoms with Gasteiger partial charge in [0.2, 0.25) is 0 Å². The number of fused-ring (bicyclic) bond motifs is 1. The molecule has 2 aromatic carbocycles.